The molecule has 9 heteroatoms. The Bertz CT molecular complexity index is 1310. The Hall–Kier alpha value is -3.24. The van der Waals surface area contributed by atoms with Gasteiger partial charge < -0.3 is 20.5 Å². The molecule has 0 saturated heterocycles. The molecule has 0 bridgehead atoms. The summed E-state index contributed by atoms with van der Waals surface area (Å²) < 4.78 is 34.1. The van der Waals surface area contributed by atoms with Crippen LogP contribution in [0.1, 0.15) is 28.6 Å². The predicted octanol–water partition coefficient (Wildman–Crippen LogP) is 4.53. The van der Waals surface area contributed by atoms with E-state index in [-0.39, 0.29) is 26.2 Å². The zero-order chi connectivity index (χ0) is 26.9. The molecular formula is C29H31F2N3O3S. The third-order valence-electron chi connectivity index (χ3n) is 6.07. The minimum absolute atomic E-state index is 0.0481. The third kappa shape index (κ3) is 8.13. The number of rotatable bonds is 13. The summed E-state index contributed by atoms with van der Waals surface area (Å²) in [5.41, 5.74) is 3.50. The van der Waals surface area contributed by atoms with Gasteiger partial charge in [0.05, 0.1) is 29.0 Å². The zero-order valence-electron chi connectivity index (χ0n) is 21.1. The van der Waals surface area contributed by atoms with Crippen LogP contribution >= 0.6 is 11.3 Å². The molecule has 200 valence electrons. The standard InChI is InChI=1S/C29H31F2N3O3S/c1-2-19-6-5-7-20(10-19)15-32-16-26(35)25(13-21-11-22(30)14-23(31)12-21)33-28(36)17-37-18-29-34-24-8-3-4-9-27(24)38-29/h3-12,14,25-26,32,35H,2,13,15-18H2,1H3,(H,33,36)/t25-,26-/m0/s1. The van der Waals surface area contributed by atoms with E-state index in [0.29, 0.717) is 12.1 Å². The Morgan fingerprint density at radius 2 is 1.79 bits per heavy atom. The number of ether oxygens (including phenoxy) is 1. The predicted molar refractivity (Wildman–Crippen MR) is 145 cm³/mol. The lowest BCUT2D eigenvalue weighted by atomic mass is 10.0. The molecule has 38 heavy (non-hydrogen) atoms. The second-order valence-electron chi connectivity index (χ2n) is 9.10. The van der Waals surface area contributed by atoms with E-state index in [1.807, 2.05) is 36.4 Å². The number of para-hydroxylation sites is 1. The van der Waals surface area contributed by atoms with Crippen molar-refractivity contribution in [2.24, 2.45) is 0 Å². The summed E-state index contributed by atoms with van der Waals surface area (Å²) in [4.78, 5) is 17.2. The first kappa shape index (κ1) is 27.8. The van der Waals surface area contributed by atoms with Crippen LogP contribution in [-0.2, 0) is 35.5 Å². The molecule has 0 spiro atoms. The minimum Gasteiger partial charge on any atom is -0.390 e. The van der Waals surface area contributed by atoms with E-state index in [0.717, 1.165) is 33.3 Å². The van der Waals surface area contributed by atoms with Crippen molar-refractivity contribution in [3.63, 3.8) is 0 Å². The third-order valence-corrected chi connectivity index (χ3v) is 7.08. The number of aromatic nitrogens is 1. The highest BCUT2D eigenvalue weighted by Gasteiger charge is 2.22. The highest BCUT2D eigenvalue weighted by Crippen LogP contribution is 2.22. The molecule has 0 unspecified atom stereocenters. The zero-order valence-corrected chi connectivity index (χ0v) is 21.9. The first-order valence-electron chi connectivity index (χ1n) is 12.5. The van der Waals surface area contributed by atoms with E-state index in [2.05, 4.69) is 34.7 Å². The van der Waals surface area contributed by atoms with Crippen molar-refractivity contribution in [1.29, 1.82) is 0 Å². The van der Waals surface area contributed by atoms with Gasteiger partial charge in [0, 0.05) is 19.2 Å². The number of carbonyl (C=O) groups is 1. The molecule has 0 aliphatic rings. The number of hydrogen-bond acceptors (Lipinski definition) is 6. The van der Waals surface area contributed by atoms with Crippen LogP contribution < -0.4 is 10.6 Å². The highest BCUT2D eigenvalue weighted by molar-refractivity contribution is 7.18. The number of hydrogen-bond donors (Lipinski definition) is 3. The Labute approximate surface area is 224 Å². The van der Waals surface area contributed by atoms with Gasteiger partial charge in [-0.1, -0.05) is 43.3 Å². The van der Waals surface area contributed by atoms with Crippen molar-refractivity contribution in [3.05, 3.63) is 100 Å². The molecule has 0 aliphatic heterocycles. The van der Waals surface area contributed by atoms with Crippen LogP contribution in [0.2, 0.25) is 0 Å². The topological polar surface area (TPSA) is 83.5 Å². The molecule has 2 atom stereocenters. The maximum Gasteiger partial charge on any atom is 0.246 e. The molecule has 4 aromatic rings. The summed E-state index contributed by atoms with van der Waals surface area (Å²) in [5.74, 6) is -1.87. The van der Waals surface area contributed by atoms with E-state index in [1.165, 1.54) is 29.0 Å². The van der Waals surface area contributed by atoms with Gasteiger partial charge in [0.1, 0.15) is 23.2 Å². The van der Waals surface area contributed by atoms with Crippen molar-refractivity contribution >= 4 is 27.5 Å². The first-order chi connectivity index (χ1) is 18.4. The Kier molecular flexibility index (Phi) is 9.89. The van der Waals surface area contributed by atoms with Crippen molar-refractivity contribution in [2.45, 2.75) is 45.1 Å². The Morgan fingerprint density at radius 3 is 2.55 bits per heavy atom. The van der Waals surface area contributed by atoms with Gasteiger partial charge in [-0.3, -0.25) is 4.79 Å². The van der Waals surface area contributed by atoms with Gasteiger partial charge in [-0.25, -0.2) is 13.8 Å². The Morgan fingerprint density at radius 1 is 1.03 bits per heavy atom. The van der Waals surface area contributed by atoms with E-state index in [4.69, 9.17) is 4.74 Å². The quantitative estimate of drug-likeness (QED) is 0.233. The van der Waals surface area contributed by atoms with Crippen LogP contribution in [0.4, 0.5) is 8.78 Å². The summed E-state index contributed by atoms with van der Waals surface area (Å²) in [6.45, 7) is 2.72. The largest absolute Gasteiger partial charge is 0.390 e. The first-order valence-corrected chi connectivity index (χ1v) is 13.3. The number of amides is 1. The number of fused-ring (bicyclic) bond motifs is 1. The molecule has 1 aromatic heterocycles. The van der Waals surface area contributed by atoms with E-state index in [1.54, 1.807) is 0 Å². The summed E-state index contributed by atoms with van der Waals surface area (Å²) >= 11 is 1.49. The SMILES string of the molecule is CCc1cccc(CNC[C@H](O)[C@H](Cc2cc(F)cc(F)c2)NC(=O)COCc2nc3ccccc3s2)c1. The lowest BCUT2D eigenvalue weighted by molar-refractivity contribution is -0.127. The highest BCUT2D eigenvalue weighted by atomic mass is 32.1. The number of nitrogens with zero attached hydrogens (tertiary/aromatic N) is 1. The normalized spacial score (nSPS) is 12.9. The number of aryl methyl sites for hydroxylation is 1. The average molecular weight is 540 g/mol. The molecule has 4 rings (SSSR count). The van der Waals surface area contributed by atoms with Gasteiger partial charge in [-0.15, -0.1) is 11.3 Å². The molecular weight excluding hydrogens is 508 g/mol. The van der Waals surface area contributed by atoms with Crippen LogP contribution in [0.15, 0.2) is 66.7 Å². The molecule has 0 fully saturated rings. The number of aliphatic hydroxyl groups is 1. The summed E-state index contributed by atoms with van der Waals surface area (Å²) in [6, 6.07) is 18.3. The molecule has 3 N–H and O–H groups in total. The fraction of sp³-hybridized carbons (Fsp3) is 0.310. The fourth-order valence-electron chi connectivity index (χ4n) is 4.19. The number of thiazole rings is 1. The number of carbonyl (C=O) groups excluding carboxylic acids is 1. The van der Waals surface area contributed by atoms with Gasteiger partial charge in [-0.2, -0.15) is 0 Å². The van der Waals surface area contributed by atoms with Crippen LogP contribution in [-0.4, -0.2) is 41.3 Å². The lowest BCUT2D eigenvalue weighted by Crippen LogP contribution is -2.49. The summed E-state index contributed by atoms with van der Waals surface area (Å²) in [5, 5.41) is 17.6. The lowest BCUT2D eigenvalue weighted by Gasteiger charge is -2.25. The van der Waals surface area contributed by atoms with E-state index < -0.39 is 29.7 Å². The maximum atomic E-state index is 13.8. The van der Waals surface area contributed by atoms with Crippen molar-refractivity contribution < 1.29 is 23.4 Å². The Balaban J connectivity index is 1.34. The molecule has 3 aromatic carbocycles. The van der Waals surface area contributed by atoms with Gasteiger partial charge in [-0.05, 0) is 53.8 Å². The molecule has 0 radical (unpaired) electrons. The van der Waals surface area contributed by atoms with Crippen LogP contribution in [0.25, 0.3) is 10.2 Å². The fourth-order valence-corrected chi connectivity index (χ4v) is 5.10. The summed E-state index contributed by atoms with van der Waals surface area (Å²) in [6.07, 6.45) is -0.0358. The van der Waals surface area contributed by atoms with Crippen molar-refractivity contribution in [3.8, 4) is 0 Å². The van der Waals surface area contributed by atoms with Gasteiger partial charge in [0.15, 0.2) is 0 Å². The van der Waals surface area contributed by atoms with Gasteiger partial charge in [0.2, 0.25) is 5.91 Å². The van der Waals surface area contributed by atoms with E-state index >= 15 is 0 Å². The second-order valence-corrected chi connectivity index (χ2v) is 10.2. The number of aliphatic hydroxyl groups excluding tert-OH is 1. The number of benzene rings is 3. The molecule has 6 nitrogen and oxygen atoms in total. The molecule has 1 heterocycles. The van der Waals surface area contributed by atoms with Crippen LogP contribution in [0.5, 0.6) is 0 Å². The number of nitrogens with one attached hydrogen (secondary N) is 2. The van der Waals surface area contributed by atoms with E-state index in [9.17, 15) is 18.7 Å². The van der Waals surface area contributed by atoms with Crippen molar-refractivity contribution in [2.75, 3.05) is 13.2 Å². The van der Waals surface area contributed by atoms with Crippen LogP contribution in [0, 0.1) is 11.6 Å². The molecule has 0 aliphatic carbocycles. The second kappa shape index (κ2) is 13.5. The average Bonchev–Trinajstić information content (AvgIpc) is 3.30. The molecule has 1 amide bonds. The minimum atomic E-state index is -1.01. The maximum absolute atomic E-state index is 13.8. The summed E-state index contributed by atoms with van der Waals surface area (Å²) in [7, 11) is 0. The monoisotopic (exact) mass is 539 g/mol. The van der Waals surface area contributed by atoms with Gasteiger partial charge in [0.25, 0.3) is 0 Å². The molecule has 0 saturated carbocycles. The smallest absolute Gasteiger partial charge is 0.246 e. The van der Waals surface area contributed by atoms with Crippen molar-refractivity contribution in [1.82, 2.24) is 15.6 Å². The van der Waals surface area contributed by atoms with Gasteiger partial charge >= 0.3 is 0 Å². The number of halogens is 2. The van der Waals surface area contributed by atoms with Crippen LogP contribution in [0.3, 0.4) is 0 Å².